The highest BCUT2D eigenvalue weighted by atomic mass is 16.5. The van der Waals surface area contributed by atoms with E-state index in [0.29, 0.717) is 12.6 Å². The summed E-state index contributed by atoms with van der Waals surface area (Å²) < 4.78 is 5.12. The number of aromatic nitrogens is 1. The Kier molecular flexibility index (Phi) is 4.37. The zero-order chi connectivity index (χ0) is 11.3. The lowest BCUT2D eigenvalue weighted by Gasteiger charge is -2.25. The average Bonchev–Trinajstić information content (AvgIpc) is 2.28. The third-order valence-corrected chi connectivity index (χ3v) is 2.42. The fourth-order valence-corrected chi connectivity index (χ4v) is 1.34. The molecule has 1 unspecified atom stereocenters. The van der Waals surface area contributed by atoms with Crippen molar-refractivity contribution < 1.29 is 4.74 Å². The van der Waals surface area contributed by atoms with Crippen molar-refractivity contribution >= 4 is 11.6 Å². The predicted molar refractivity (Wildman–Crippen MR) is 63.5 cm³/mol. The summed E-state index contributed by atoms with van der Waals surface area (Å²) >= 11 is 0. The summed E-state index contributed by atoms with van der Waals surface area (Å²) in [7, 11) is 5.60. The molecule has 0 aromatic carbocycles. The van der Waals surface area contributed by atoms with Crippen LogP contribution in [0.5, 0.6) is 0 Å². The van der Waals surface area contributed by atoms with Gasteiger partial charge >= 0.3 is 0 Å². The molecule has 4 nitrogen and oxygen atoms in total. The third-order valence-electron chi connectivity index (χ3n) is 2.42. The van der Waals surface area contributed by atoms with Crippen molar-refractivity contribution in [2.75, 3.05) is 38.0 Å². The van der Waals surface area contributed by atoms with Crippen molar-refractivity contribution in [3.05, 3.63) is 18.2 Å². The molecule has 4 heteroatoms. The van der Waals surface area contributed by atoms with Crippen LogP contribution in [0.2, 0.25) is 0 Å². The van der Waals surface area contributed by atoms with Gasteiger partial charge < -0.3 is 15.0 Å². The van der Waals surface area contributed by atoms with E-state index in [1.54, 1.807) is 7.11 Å². The van der Waals surface area contributed by atoms with Crippen molar-refractivity contribution in [1.29, 1.82) is 0 Å². The van der Waals surface area contributed by atoms with Crippen LogP contribution in [0.25, 0.3) is 0 Å². The minimum Gasteiger partial charge on any atom is -0.383 e. The maximum Gasteiger partial charge on any atom is 0.131 e. The Labute approximate surface area is 91.3 Å². The Hall–Kier alpha value is -1.29. The Morgan fingerprint density at radius 3 is 2.87 bits per heavy atom. The van der Waals surface area contributed by atoms with Gasteiger partial charge in [-0.15, -0.1) is 0 Å². The molecule has 15 heavy (non-hydrogen) atoms. The van der Waals surface area contributed by atoms with Gasteiger partial charge in [-0.25, -0.2) is 4.98 Å². The molecule has 0 spiro atoms. The molecule has 0 aliphatic rings. The number of rotatable bonds is 5. The van der Waals surface area contributed by atoms with E-state index in [1.165, 1.54) is 0 Å². The summed E-state index contributed by atoms with van der Waals surface area (Å²) in [5, 5.41) is 3.02. The van der Waals surface area contributed by atoms with Crippen LogP contribution < -0.4 is 10.2 Å². The second kappa shape index (κ2) is 5.56. The molecule has 1 rings (SSSR count). The lowest BCUT2D eigenvalue weighted by Crippen LogP contribution is -2.33. The minimum absolute atomic E-state index is 0.314. The van der Waals surface area contributed by atoms with E-state index in [4.69, 9.17) is 4.74 Å². The van der Waals surface area contributed by atoms with Gasteiger partial charge in [0, 0.05) is 21.2 Å². The zero-order valence-electron chi connectivity index (χ0n) is 9.82. The number of hydrogen-bond acceptors (Lipinski definition) is 4. The summed E-state index contributed by atoms with van der Waals surface area (Å²) in [6.07, 6.45) is 0. The average molecular weight is 209 g/mol. The quantitative estimate of drug-likeness (QED) is 0.799. The number of pyridine rings is 1. The molecule has 1 aromatic heterocycles. The Balaban J connectivity index is 2.76. The molecule has 0 fully saturated rings. The van der Waals surface area contributed by atoms with Gasteiger partial charge in [-0.05, 0) is 19.1 Å². The number of nitrogens with zero attached hydrogens (tertiary/aromatic N) is 2. The number of nitrogens with one attached hydrogen (secondary N) is 1. The second-order valence-corrected chi connectivity index (χ2v) is 3.55. The van der Waals surface area contributed by atoms with Crippen molar-refractivity contribution in [3.8, 4) is 0 Å². The summed E-state index contributed by atoms with van der Waals surface area (Å²) in [4.78, 5) is 6.56. The maximum absolute atomic E-state index is 5.12. The molecule has 0 saturated carbocycles. The zero-order valence-corrected chi connectivity index (χ0v) is 9.82. The van der Waals surface area contributed by atoms with Crippen molar-refractivity contribution in [2.45, 2.75) is 13.0 Å². The summed E-state index contributed by atoms with van der Waals surface area (Å²) in [5.74, 6) is 1.83. The Bertz CT molecular complexity index is 304. The van der Waals surface area contributed by atoms with Gasteiger partial charge in [-0.1, -0.05) is 6.07 Å². The maximum atomic E-state index is 5.12. The monoisotopic (exact) mass is 209 g/mol. The summed E-state index contributed by atoms with van der Waals surface area (Å²) in [6, 6.07) is 6.24. The van der Waals surface area contributed by atoms with Crippen molar-refractivity contribution in [3.63, 3.8) is 0 Å². The SMILES string of the molecule is CNc1cccc(N(C)C(C)COC)n1. The van der Waals surface area contributed by atoms with Crippen LogP contribution in [-0.4, -0.2) is 38.8 Å². The van der Waals surface area contributed by atoms with Crippen LogP contribution >= 0.6 is 0 Å². The van der Waals surface area contributed by atoms with E-state index in [0.717, 1.165) is 11.6 Å². The van der Waals surface area contributed by atoms with Gasteiger partial charge in [-0.2, -0.15) is 0 Å². The van der Waals surface area contributed by atoms with E-state index in [9.17, 15) is 0 Å². The van der Waals surface area contributed by atoms with E-state index < -0.39 is 0 Å². The molecule has 1 heterocycles. The van der Waals surface area contributed by atoms with Crippen molar-refractivity contribution in [1.82, 2.24) is 4.98 Å². The highest BCUT2D eigenvalue weighted by molar-refractivity contribution is 5.46. The first-order valence-corrected chi connectivity index (χ1v) is 5.05. The van der Waals surface area contributed by atoms with Gasteiger partial charge in [-0.3, -0.25) is 0 Å². The lowest BCUT2D eigenvalue weighted by atomic mass is 10.3. The molecular formula is C11H19N3O. The topological polar surface area (TPSA) is 37.4 Å². The van der Waals surface area contributed by atoms with Crippen LogP contribution in [0, 0.1) is 0 Å². The summed E-state index contributed by atoms with van der Waals surface area (Å²) in [5.41, 5.74) is 0. The number of likely N-dealkylation sites (N-methyl/N-ethyl adjacent to an activating group) is 1. The van der Waals surface area contributed by atoms with Gasteiger partial charge in [0.25, 0.3) is 0 Å². The van der Waals surface area contributed by atoms with E-state index in [2.05, 4.69) is 22.1 Å². The van der Waals surface area contributed by atoms with E-state index in [1.807, 2.05) is 32.3 Å². The first-order valence-electron chi connectivity index (χ1n) is 5.05. The molecule has 0 amide bonds. The largest absolute Gasteiger partial charge is 0.383 e. The predicted octanol–water partition coefficient (Wildman–Crippen LogP) is 1.59. The molecule has 0 aliphatic carbocycles. The van der Waals surface area contributed by atoms with Gasteiger partial charge in [0.1, 0.15) is 11.6 Å². The number of hydrogen-bond donors (Lipinski definition) is 1. The fraction of sp³-hybridized carbons (Fsp3) is 0.545. The van der Waals surface area contributed by atoms with Crippen LogP contribution in [0.3, 0.4) is 0 Å². The molecule has 1 aromatic rings. The minimum atomic E-state index is 0.314. The fourth-order valence-electron chi connectivity index (χ4n) is 1.34. The number of methoxy groups -OCH3 is 1. The Morgan fingerprint density at radius 2 is 2.27 bits per heavy atom. The smallest absolute Gasteiger partial charge is 0.131 e. The van der Waals surface area contributed by atoms with Gasteiger partial charge in [0.2, 0.25) is 0 Å². The Morgan fingerprint density at radius 1 is 1.53 bits per heavy atom. The number of ether oxygens (including phenoxy) is 1. The second-order valence-electron chi connectivity index (χ2n) is 3.55. The molecule has 1 N–H and O–H groups in total. The van der Waals surface area contributed by atoms with E-state index >= 15 is 0 Å². The highest BCUT2D eigenvalue weighted by Crippen LogP contribution is 2.14. The molecule has 0 aliphatic heterocycles. The third kappa shape index (κ3) is 3.09. The summed E-state index contributed by atoms with van der Waals surface area (Å²) in [6.45, 7) is 2.80. The first-order chi connectivity index (χ1) is 7.19. The van der Waals surface area contributed by atoms with Crippen molar-refractivity contribution in [2.24, 2.45) is 0 Å². The molecule has 0 bridgehead atoms. The molecule has 0 radical (unpaired) electrons. The van der Waals surface area contributed by atoms with Crippen LogP contribution in [0.15, 0.2) is 18.2 Å². The molecule has 84 valence electrons. The normalized spacial score (nSPS) is 12.3. The molecular weight excluding hydrogens is 190 g/mol. The number of anilines is 2. The highest BCUT2D eigenvalue weighted by Gasteiger charge is 2.10. The first kappa shape index (κ1) is 11.8. The molecule has 1 atom stereocenters. The van der Waals surface area contributed by atoms with Crippen LogP contribution in [-0.2, 0) is 4.74 Å². The van der Waals surface area contributed by atoms with Crippen LogP contribution in [0.1, 0.15) is 6.92 Å². The molecule has 0 saturated heterocycles. The van der Waals surface area contributed by atoms with Gasteiger partial charge in [0.15, 0.2) is 0 Å². The van der Waals surface area contributed by atoms with Crippen LogP contribution in [0.4, 0.5) is 11.6 Å². The lowest BCUT2D eigenvalue weighted by molar-refractivity contribution is 0.183. The van der Waals surface area contributed by atoms with Gasteiger partial charge in [0.05, 0.1) is 12.6 Å². The van der Waals surface area contributed by atoms with E-state index in [-0.39, 0.29) is 0 Å². The standard InChI is InChI=1S/C11H19N3O/c1-9(8-15-4)14(3)11-7-5-6-10(12-2)13-11/h5-7,9H,8H2,1-4H3,(H,12,13).